The maximum Gasteiger partial charge on any atom is 0.410 e. The summed E-state index contributed by atoms with van der Waals surface area (Å²) in [7, 11) is 1.90. The molecule has 222 valence electrons. The Bertz CT molecular complexity index is 1790. The predicted octanol–water partition coefficient (Wildman–Crippen LogP) is 7.35. The van der Waals surface area contributed by atoms with Crippen molar-refractivity contribution in [2.24, 2.45) is 0 Å². The summed E-state index contributed by atoms with van der Waals surface area (Å²) in [6.07, 6.45) is 5.17. The van der Waals surface area contributed by atoms with Crippen LogP contribution in [0, 0.1) is 17.1 Å². The van der Waals surface area contributed by atoms with E-state index in [1.165, 1.54) is 23.5 Å². The molecular formula is C33H34FN5O3S. The monoisotopic (exact) mass is 599 g/mol. The van der Waals surface area contributed by atoms with Gasteiger partial charge in [-0.15, -0.1) is 0 Å². The number of amides is 1. The zero-order valence-corrected chi connectivity index (χ0v) is 25.6. The smallest absolute Gasteiger partial charge is 0.410 e. The number of carbonyl (C=O) groups is 1. The van der Waals surface area contributed by atoms with Crippen LogP contribution < -0.4 is 10.5 Å². The molecule has 6 rings (SSSR count). The lowest BCUT2D eigenvalue weighted by Gasteiger charge is -2.33. The Kier molecular flexibility index (Phi) is 7.46. The van der Waals surface area contributed by atoms with E-state index in [0.29, 0.717) is 39.7 Å². The minimum absolute atomic E-state index is 0.00945. The molecule has 0 N–H and O–H groups in total. The van der Waals surface area contributed by atoms with E-state index >= 15 is 0 Å². The lowest BCUT2D eigenvalue weighted by molar-refractivity contribution is 0.0205. The number of aromatic nitrogens is 2. The number of piperidine rings is 1. The van der Waals surface area contributed by atoms with Gasteiger partial charge in [-0.25, -0.2) is 14.2 Å². The molecule has 4 aromatic rings. The highest BCUT2D eigenvalue weighted by Gasteiger charge is 2.30. The third-order valence-corrected chi connectivity index (χ3v) is 9.12. The number of thiazole rings is 1. The Labute approximate surface area is 253 Å². The molecule has 1 amide bonds. The zero-order valence-electron chi connectivity index (χ0n) is 24.8. The topological polar surface area (TPSA) is 91.5 Å². The van der Waals surface area contributed by atoms with E-state index in [1.807, 2.05) is 55.6 Å². The van der Waals surface area contributed by atoms with Gasteiger partial charge in [0.05, 0.1) is 5.69 Å². The molecule has 0 radical (unpaired) electrons. The third kappa shape index (κ3) is 5.87. The van der Waals surface area contributed by atoms with Crippen molar-refractivity contribution < 1.29 is 13.9 Å². The molecule has 1 saturated heterocycles. The molecule has 2 fully saturated rings. The first-order chi connectivity index (χ1) is 20.5. The summed E-state index contributed by atoms with van der Waals surface area (Å²) in [4.78, 5) is 35.1. The van der Waals surface area contributed by atoms with E-state index in [9.17, 15) is 19.2 Å². The lowest BCUT2D eigenvalue weighted by atomic mass is 9.88. The number of nitriles is 1. The van der Waals surface area contributed by atoms with Crippen LogP contribution in [0.4, 0.5) is 20.0 Å². The van der Waals surface area contributed by atoms with Crippen molar-refractivity contribution in [2.45, 2.75) is 64.0 Å². The summed E-state index contributed by atoms with van der Waals surface area (Å²) in [5.41, 5.74) is 2.59. The number of carbonyl (C=O) groups excluding carboxylic acids is 1. The fourth-order valence-electron chi connectivity index (χ4n) is 5.66. The molecule has 1 aliphatic carbocycles. The summed E-state index contributed by atoms with van der Waals surface area (Å²) >= 11 is 1.27. The summed E-state index contributed by atoms with van der Waals surface area (Å²) in [6.45, 7) is 6.82. The number of likely N-dealkylation sites (tertiary alicyclic amines) is 1. The molecule has 1 saturated carbocycles. The molecule has 0 spiro atoms. The van der Waals surface area contributed by atoms with Gasteiger partial charge in [-0.05, 0) is 94.3 Å². The Balaban J connectivity index is 1.35. The van der Waals surface area contributed by atoms with Crippen molar-refractivity contribution in [3.63, 3.8) is 0 Å². The molecular weight excluding hydrogens is 565 g/mol. The van der Waals surface area contributed by atoms with Crippen molar-refractivity contribution in [3.05, 3.63) is 75.3 Å². The van der Waals surface area contributed by atoms with Gasteiger partial charge in [-0.1, -0.05) is 17.4 Å². The van der Waals surface area contributed by atoms with Gasteiger partial charge in [0, 0.05) is 48.7 Å². The number of benzene rings is 2. The van der Waals surface area contributed by atoms with Crippen LogP contribution in [0.3, 0.4) is 0 Å². The van der Waals surface area contributed by atoms with Gasteiger partial charge in [0.25, 0.3) is 5.56 Å². The van der Waals surface area contributed by atoms with Gasteiger partial charge >= 0.3 is 6.09 Å². The van der Waals surface area contributed by atoms with E-state index in [0.717, 1.165) is 42.3 Å². The molecule has 0 atom stereocenters. The number of rotatable bonds is 5. The second kappa shape index (κ2) is 11.1. The van der Waals surface area contributed by atoms with Crippen molar-refractivity contribution in [1.29, 1.82) is 5.26 Å². The zero-order chi connectivity index (χ0) is 30.5. The van der Waals surface area contributed by atoms with Crippen LogP contribution in [0.2, 0.25) is 0 Å². The van der Waals surface area contributed by atoms with Gasteiger partial charge in [0.15, 0.2) is 5.13 Å². The van der Waals surface area contributed by atoms with E-state index < -0.39 is 5.60 Å². The van der Waals surface area contributed by atoms with Gasteiger partial charge in [0.1, 0.15) is 28.1 Å². The van der Waals surface area contributed by atoms with Crippen LogP contribution in [0.1, 0.15) is 68.9 Å². The quantitative estimate of drug-likeness (QED) is 0.238. The van der Waals surface area contributed by atoms with Crippen molar-refractivity contribution in [1.82, 2.24) is 14.5 Å². The molecule has 0 unspecified atom stereocenters. The number of fused-ring (bicyclic) bond motifs is 1. The van der Waals surface area contributed by atoms with Crippen LogP contribution in [0.5, 0.6) is 0 Å². The van der Waals surface area contributed by atoms with E-state index in [1.54, 1.807) is 17.0 Å². The van der Waals surface area contributed by atoms with Gasteiger partial charge in [0.2, 0.25) is 0 Å². The fraction of sp³-hybridized carbons (Fsp3) is 0.394. The second-order valence-corrected chi connectivity index (χ2v) is 13.3. The highest BCUT2D eigenvalue weighted by molar-refractivity contribution is 7.16. The number of pyridine rings is 1. The normalized spacial score (nSPS) is 15.9. The third-order valence-electron chi connectivity index (χ3n) is 8.09. The molecule has 43 heavy (non-hydrogen) atoms. The number of nitrogens with zero attached hydrogens (tertiary/aromatic N) is 5. The van der Waals surface area contributed by atoms with Crippen LogP contribution in [0.25, 0.3) is 22.0 Å². The Morgan fingerprint density at radius 1 is 1.09 bits per heavy atom. The molecule has 2 aromatic carbocycles. The van der Waals surface area contributed by atoms with Crippen LogP contribution >= 0.6 is 11.3 Å². The van der Waals surface area contributed by atoms with Crippen molar-refractivity contribution in [2.75, 3.05) is 25.0 Å². The molecule has 3 heterocycles. The van der Waals surface area contributed by atoms with Gasteiger partial charge < -0.3 is 19.1 Å². The Hall–Kier alpha value is -4.23. The average molecular weight is 600 g/mol. The van der Waals surface area contributed by atoms with Crippen molar-refractivity contribution in [3.8, 4) is 17.3 Å². The Morgan fingerprint density at radius 3 is 2.42 bits per heavy atom. The fourth-order valence-corrected chi connectivity index (χ4v) is 6.52. The maximum absolute atomic E-state index is 13.6. The number of hydrogen-bond acceptors (Lipinski definition) is 7. The lowest BCUT2D eigenvalue weighted by Crippen LogP contribution is -2.41. The predicted molar refractivity (Wildman–Crippen MR) is 167 cm³/mol. The largest absolute Gasteiger partial charge is 0.444 e. The average Bonchev–Trinajstić information content (AvgIpc) is 3.74. The Morgan fingerprint density at radius 2 is 1.79 bits per heavy atom. The summed E-state index contributed by atoms with van der Waals surface area (Å²) in [5.74, 6) is -0.114. The number of anilines is 2. The minimum Gasteiger partial charge on any atom is -0.444 e. The van der Waals surface area contributed by atoms with Crippen LogP contribution in [0.15, 0.2) is 53.5 Å². The van der Waals surface area contributed by atoms with E-state index in [-0.39, 0.29) is 29.4 Å². The van der Waals surface area contributed by atoms with Crippen LogP contribution in [-0.2, 0) is 4.74 Å². The first kappa shape index (κ1) is 28.9. The molecule has 8 nitrogen and oxygen atoms in total. The molecule has 10 heteroatoms. The summed E-state index contributed by atoms with van der Waals surface area (Å²) < 4.78 is 21.0. The first-order valence-electron chi connectivity index (χ1n) is 14.6. The molecule has 2 aromatic heterocycles. The number of hydrogen-bond donors (Lipinski definition) is 0. The summed E-state index contributed by atoms with van der Waals surface area (Å²) in [5, 5.41) is 11.9. The van der Waals surface area contributed by atoms with Gasteiger partial charge in [-0.2, -0.15) is 5.26 Å². The van der Waals surface area contributed by atoms with Crippen molar-refractivity contribution >= 4 is 39.0 Å². The highest BCUT2D eigenvalue weighted by atomic mass is 32.1. The highest BCUT2D eigenvalue weighted by Crippen LogP contribution is 2.41. The maximum atomic E-state index is 13.6. The van der Waals surface area contributed by atoms with Crippen LogP contribution in [-0.4, -0.2) is 46.3 Å². The van der Waals surface area contributed by atoms with E-state index in [2.05, 4.69) is 12.1 Å². The molecule has 1 aliphatic heterocycles. The number of halogens is 1. The minimum atomic E-state index is -0.534. The first-order valence-corrected chi connectivity index (χ1v) is 15.4. The SMILES string of the molecule is CN(c1nc(-c2ccc(F)cc2)c(C#N)s1)c1cn(C2CC2)c(=O)c2ccc(C3CCN(C(=O)OC(C)(C)C)CC3)cc12. The second-order valence-electron chi connectivity index (χ2n) is 12.4. The van der Waals surface area contributed by atoms with Gasteiger partial charge in [-0.3, -0.25) is 4.79 Å². The standard InChI is InChI=1S/C33H34FN5O3S/c1-33(2,3)42-32(41)38-15-13-20(14-16-38)22-7-12-25-26(17-22)27(19-39(30(25)40)24-10-11-24)37(4)31-36-29(28(18-35)43-31)21-5-8-23(34)9-6-21/h5-9,12,17,19-20,24H,10-11,13-16H2,1-4H3. The molecule has 2 aliphatic rings. The number of ether oxygens (including phenoxy) is 1. The van der Waals surface area contributed by atoms with E-state index in [4.69, 9.17) is 9.72 Å². The molecule has 0 bridgehead atoms. The summed E-state index contributed by atoms with van der Waals surface area (Å²) in [6, 6.07) is 14.5.